The number of nitrogens with one attached hydrogen (secondary N) is 2. The van der Waals surface area contributed by atoms with Crippen LogP contribution in [0.25, 0.3) is 0 Å². The maximum absolute atomic E-state index is 11.8. The zero-order valence-corrected chi connectivity index (χ0v) is 11.0. The lowest BCUT2D eigenvalue weighted by Crippen LogP contribution is -2.47. The minimum Gasteiger partial charge on any atom is -0.355 e. The Morgan fingerprint density at radius 3 is 2.22 bits per heavy atom. The Bertz CT molecular complexity index is 323. The Hall–Kier alpha value is -1.59. The molecule has 0 radical (unpaired) electrons. The number of hydrogen-bond donors (Lipinski definition) is 2. The first-order valence-electron chi connectivity index (χ1n) is 6.32. The fourth-order valence-corrected chi connectivity index (χ4v) is 1.85. The molecule has 2 N–H and O–H groups in total. The fraction of sp³-hybridized carbons (Fsp3) is 0.750. The van der Waals surface area contributed by atoms with E-state index in [2.05, 4.69) is 17.6 Å². The maximum Gasteiger partial charge on any atom is 0.311 e. The van der Waals surface area contributed by atoms with E-state index >= 15 is 0 Å². The van der Waals surface area contributed by atoms with Gasteiger partial charge in [-0.2, -0.15) is 0 Å². The molecular formula is C12H21N3O3. The molecule has 6 nitrogen and oxygen atoms in total. The normalized spacial score (nSPS) is 16.2. The second kappa shape index (κ2) is 6.98. The summed E-state index contributed by atoms with van der Waals surface area (Å²) in [6.45, 7) is 5.47. The summed E-state index contributed by atoms with van der Waals surface area (Å²) >= 11 is 0. The predicted octanol–water partition coefficient (Wildman–Crippen LogP) is -0.503. The lowest BCUT2D eigenvalue weighted by atomic mass is 9.99. The van der Waals surface area contributed by atoms with E-state index in [-0.39, 0.29) is 12.5 Å². The van der Waals surface area contributed by atoms with Crippen molar-refractivity contribution in [3.63, 3.8) is 0 Å². The first-order valence-corrected chi connectivity index (χ1v) is 6.32. The molecule has 1 heterocycles. The number of rotatable bonds is 3. The zero-order chi connectivity index (χ0) is 13.5. The van der Waals surface area contributed by atoms with Crippen molar-refractivity contribution in [3.8, 4) is 0 Å². The zero-order valence-electron chi connectivity index (χ0n) is 11.0. The summed E-state index contributed by atoms with van der Waals surface area (Å²) in [5, 5.41) is 5.05. The van der Waals surface area contributed by atoms with E-state index in [1.807, 2.05) is 0 Å². The molecule has 1 aliphatic rings. The summed E-state index contributed by atoms with van der Waals surface area (Å²) in [7, 11) is 0. The van der Waals surface area contributed by atoms with Gasteiger partial charge in [0, 0.05) is 33.1 Å². The van der Waals surface area contributed by atoms with Crippen LogP contribution in [-0.4, -0.2) is 48.8 Å². The second-order valence-corrected chi connectivity index (χ2v) is 4.71. The van der Waals surface area contributed by atoms with Crippen molar-refractivity contribution in [2.75, 3.05) is 26.2 Å². The van der Waals surface area contributed by atoms with Crippen LogP contribution >= 0.6 is 0 Å². The summed E-state index contributed by atoms with van der Waals surface area (Å²) < 4.78 is 0. The van der Waals surface area contributed by atoms with Crippen molar-refractivity contribution < 1.29 is 14.4 Å². The number of hydrogen-bond acceptors (Lipinski definition) is 3. The van der Waals surface area contributed by atoms with Crippen LogP contribution in [0.15, 0.2) is 0 Å². The third-order valence-corrected chi connectivity index (χ3v) is 3.05. The Kier molecular flexibility index (Phi) is 5.61. The number of likely N-dealkylation sites (tertiary alicyclic amines) is 1. The van der Waals surface area contributed by atoms with Gasteiger partial charge in [-0.05, 0) is 18.8 Å². The summed E-state index contributed by atoms with van der Waals surface area (Å²) in [5.41, 5.74) is 0. The predicted molar refractivity (Wildman–Crippen MR) is 66.7 cm³/mol. The Morgan fingerprint density at radius 1 is 1.11 bits per heavy atom. The molecule has 0 aromatic rings. The lowest BCUT2D eigenvalue weighted by Gasteiger charge is -2.29. The van der Waals surface area contributed by atoms with Crippen molar-refractivity contribution in [1.29, 1.82) is 0 Å². The average Bonchev–Trinajstić information content (AvgIpc) is 2.34. The standard InChI is InChI=1S/C12H21N3O3/c1-9-3-7-15(8-4-9)12(18)11(17)14-6-5-13-10(2)16/h9H,3-8H2,1-2H3,(H,13,16)(H,14,17). The van der Waals surface area contributed by atoms with Crippen molar-refractivity contribution in [1.82, 2.24) is 15.5 Å². The summed E-state index contributed by atoms with van der Waals surface area (Å²) in [6, 6.07) is 0. The van der Waals surface area contributed by atoms with E-state index < -0.39 is 11.8 Å². The van der Waals surface area contributed by atoms with Crippen molar-refractivity contribution in [2.45, 2.75) is 26.7 Å². The molecule has 18 heavy (non-hydrogen) atoms. The minimum atomic E-state index is -0.588. The third-order valence-electron chi connectivity index (χ3n) is 3.05. The molecule has 102 valence electrons. The van der Waals surface area contributed by atoms with Crippen LogP contribution in [0.2, 0.25) is 0 Å². The van der Waals surface area contributed by atoms with Gasteiger partial charge >= 0.3 is 11.8 Å². The molecular weight excluding hydrogens is 234 g/mol. The number of nitrogens with zero attached hydrogens (tertiary/aromatic N) is 1. The Morgan fingerprint density at radius 2 is 1.67 bits per heavy atom. The molecule has 1 saturated heterocycles. The van der Waals surface area contributed by atoms with Crippen molar-refractivity contribution >= 4 is 17.7 Å². The number of amides is 3. The van der Waals surface area contributed by atoms with E-state index in [0.29, 0.717) is 25.6 Å². The molecule has 1 aliphatic heterocycles. The highest BCUT2D eigenvalue weighted by Crippen LogP contribution is 2.15. The van der Waals surface area contributed by atoms with Gasteiger partial charge in [0.05, 0.1) is 0 Å². The highest BCUT2D eigenvalue weighted by molar-refractivity contribution is 6.35. The largest absolute Gasteiger partial charge is 0.355 e. The van der Waals surface area contributed by atoms with Gasteiger partial charge in [-0.1, -0.05) is 6.92 Å². The maximum atomic E-state index is 11.8. The lowest BCUT2D eigenvalue weighted by molar-refractivity contribution is -0.146. The SMILES string of the molecule is CC(=O)NCCNC(=O)C(=O)N1CCC(C)CC1. The first-order chi connectivity index (χ1) is 8.50. The highest BCUT2D eigenvalue weighted by atomic mass is 16.2. The van der Waals surface area contributed by atoms with Gasteiger partial charge in [0.25, 0.3) is 0 Å². The van der Waals surface area contributed by atoms with Gasteiger partial charge < -0.3 is 15.5 Å². The van der Waals surface area contributed by atoms with E-state index in [1.54, 1.807) is 4.90 Å². The first kappa shape index (κ1) is 14.5. The Labute approximate surface area is 107 Å². The van der Waals surface area contributed by atoms with Crippen LogP contribution in [0.4, 0.5) is 0 Å². The molecule has 0 unspecified atom stereocenters. The van der Waals surface area contributed by atoms with Crippen LogP contribution in [0.1, 0.15) is 26.7 Å². The van der Waals surface area contributed by atoms with Crippen LogP contribution in [-0.2, 0) is 14.4 Å². The van der Waals surface area contributed by atoms with E-state index in [0.717, 1.165) is 12.8 Å². The smallest absolute Gasteiger partial charge is 0.311 e. The molecule has 0 aromatic carbocycles. The van der Waals surface area contributed by atoms with E-state index in [4.69, 9.17) is 0 Å². The van der Waals surface area contributed by atoms with Gasteiger partial charge in [0.1, 0.15) is 0 Å². The number of piperidine rings is 1. The number of carbonyl (C=O) groups excluding carboxylic acids is 3. The monoisotopic (exact) mass is 255 g/mol. The fourth-order valence-electron chi connectivity index (χ4n) is 1.85. The van der Waals surface area contributed by atoms with E-state index in [9.17, 15) is 14.4 Å². The number of carbonyl (C=O) groups is 3. The van der Waals surface area contributed by atoms with Gasteiger partial charge in [0.2, 0.25) is 5.91 Å². The molecule has 0 saturated carbocycles. The van der Waals surface area contributed by atoms with Crippen LogP contribution < -0.4 is 10.6 Å². The van der Waals surface area contributed by atoms with Gasteiger partial charge in [-0.25, -0.2) is 0 Å². The highest BCUT2D eigenvalue weighted by Gasteiger charge is 2.24. The molecule has 1 fully saturated rings. The Balaban J connectivity index is 2.24. The van der Waals surface area contributed by atoms with Crippen LogP contribution in [0.5, 0.6) is 0 Å². The summed E-state index contributed by atoms with van der Waals surface area (Å²) in [4.78, 5) is 35.5. The van der Waals surface area contributed by atoms with Crippen LogP contribution in [0.3, 0.4) is 0 Å². The molecule has 0 aliphatic carbocycles. The topological polar surface area (TPSA) is 78.5 Å². The van der Waals surface area contributed by atoms with E-state index in [1.165, 1.54) is 6.92 Å². The molecule has 1 rings (SSSR count). The molecule has 3 amide bonds. The van der Waals surface area contributed by atoms with Crippen molar-refractivity contribution in [2.24, 2.45) is 5.92 Å². The summed E-state index contributed by atoms with van der Waals surface area (Å²) in [6.07, 6.45) is 1.90. The molecule has 0 spiro atoms. The second-order valence-electron chi connectivity index (χ2n) is 4.71. The molecule has 0 aromatic heterocycles. The van der Waals surface area contributed by atoms with Crippen LogP contribution in [0, 0.1) is 5.92 Å². The molecule has 0 bridgehead atoms. The molecule has 0 atom stereocenters. The van der Waals surface area contributed by atoms with Gasteiger partial charge in [0.15, 0.2) is 0 Å². The summed E-state index contributed by atoms with van der Waals surface area (Å²) in [5.74, 6) is -0.586. The minimum absolute atomic E-state index is 0.152. The van der Waals surface area contributed by atoms with Gasteiger partial charge in [-0.15, -0.1) is 0 Å². The quantitative estimate of drug-likeness (QED) is 0.527. The third kappa shape index (κ3) is 4.73. The van der Waals surface area contributed by atoms with Crippen molar-refractivity contribution in [3.05, 3.63) is 0 Å². The average molecular weight is 255 g/mol. The van der Waals surface area contributed by atoms with Gasteiger partial charge in [-0.3, -0.25) is 14.4 Å². The molecule has 6 heteroatoms.